The molecule has 2 unspecified atom stereocenters. The van der Waals surface area contributed by atoms with E-state index in [1.807, 2.05) is 0 Å². The molecule has 18 heavy (non-hydrogen) atoms. The zero-order valence-corrected chi connectivity index (χ0v) is 10.4. The Kier molecular flexibility index (Phi) is 3.97. The van der Waals surface area contributed by atoms with Gasteiger partial charge in [-0.3, -0.25) is 4.79 Å². The second kappa shape index (κ2) is 5.48. The Morgan fingerprint density at radius 1 is 1.50 bits per heavy atom. The number of nitrogens with one attached hydrogen (secondary N) is 1. The molecule has 1 saturated carbocycles. The summed E-state index contributed by atoms with van der Waals surface area (Å²) in [4.78, 5) is 11.9. The van der Waals surface area contributed by atoms with Crippen LogP contribution in [0, 0.1) is 18.7 Å². The fourth-order valence-electron chi connectivity index (χ4n) is 2.45. The van der Waals surface area contributed by atoms with Crippen molar-refractivity contribution >= 4 is 5.91 Å². The first-order chi connectivity index (χ1) is 8.56. The molecular formula is C14H18FNO2. The summed E-state index contributed by atoms with van der Waals surface area (Å²) in [7, 11) is 0. The predicted octanol–water partition coefficient (Wildman–Crippen LogP) is 2.02. The molecule has 1 aromatic rings. The van der Waals surface area contributed by atoms with Crippen molar-refractivity contribution < 1.29 is 14.3 Å². The zero-order chi connectivity index (χ0) is 13.1. The molecule has 2 atom stereocenters. The fraction of sp³-hybridized carbons (Fsp3) is 0.500. The van der Waals surface area contributed by atoms with Crippen LogP contribution in [0.5, 0.6) is 0 Å². The topological polar surface area (TPSA) is 49.3 Å². The normalized spacial score (nSPS) is 23.1. The van der Waals surface area contributed by atoms with E-state index in [9.17, 15) is 14.3 Å². The van der Waals surface area contributed by atoms with Crippen LogP contribution in [0.2, 0.25) is 0 Å². The number of halogens is 1. The van der Waals surface area contributed by atoms with Crippen LogP contribution in [-0.4, -0.2) is 23.7 Å². The van der Waals surface area contributed by atoms with Crippen LogP contribution in [0.15, 0.2) is 18.2 Å². The summed E-state index contributed by atoms with van der Waals surface area (Å²) in [5.74, 6) is -0.151. The Hall–Kier alpha value is -1.42. The summed E-state index contributed by atoms with van der Waals surface area (Å²) in [5, 5.41) is 12.3. The van der Waals surface area contributed by atoms with Gasteiger partial charge in [0.25, 0.3) is 5.91 Å². The number of aryl methyl sites for hydroxylation is 1. The molecular weight excluding hydrogens is 233 g/mol. The molecule has 1 aliphatic rings. The average molecular weight is 251 g/mol. The van der Waals surface area contributed by atoms with Crippen LogP contribution in [0.3, 0.4) is 0 Å². The third kappa shape index (κ3) is 3.07. The summed E-state index contributed by atoms with van der Waals surface area (Å²) >= 11 is 0. The van der Waals surface area contributed by atoms with Crippen LogP contribution in [0.25, 0.3) is 0 Å². The monoisotopic (exact) mass is 251 g/mol. The van der Waals surface area contributed by atoms with Gasteiger partial charge < -0.3 is 10.4 Å². The summed E-state index contributed by atoms with van der Waals surface area (Å²) in [6.07, 6.45) is 2.29. The van der Waals surface area contributed by atoms with Crippen molar-refractivity contribution in [1.82, 2.24) is 5.32 Å². The van der Waals surface area contributed by atoms with Gasteiger partial charge >= 0.3 is 0 Å². The van der Waals surface area contributed by atoms with Crippen LogP contribution < -0.4 is 5.32 Å². The lowest BCUT2D eigenvalue weighted by Gasteiger charge is -2.12. The van der Waals surface area contributed by atoms with E-state index in [0.29, 0.717) is 23.6 Å². The van der Waals surface area contributed by atoms with Crippen molar-refractivity contribution in [2.45, 2.75) is 32.3 Å². The van der Waals surface area contributed by atoms with E-state index in [0.717, 1.165) is 19.3 Å². The van der Waals surface area contributed by atoms with Gasteiger partial charge in [-0.2, -0.15) is 0 Å². The van der Waals surface area contributed by atoms with Crippen LogP contribution in [0.1, 0.15) is 35.2 Å². The minimum absolute atomic E-state index is 0.172. The van der Waals surface area contributed by atoms with E-state index in [2.05, 4.69) is 5.32 Å². The van der Waals surface area contributed by atoms with Gasteiger partial charge in [-0.15, -0.1) is 0 Å². The highest BCUT2D eigenvalue weighted by Crippen LogP contribution is 2.24. The lowest BCUT2D eigenvalue weighted by Crippen LogP contribution is -2.29. The molecule has 1 amide bonds. The van der Waals surface area contributed by atoms with E-state index in [1.165, 1.54) is 18.2 Å². The molecule has 1 aliphatic carbocycles. The zero-order valence-electron chi connectivity index (χ0n) is 10.4. The van der Waals surface area contributed by atoms with Gasteiger partial charge in [0, 0.05) is 12.1 Å². The van der Waals surface area contributed by atoms with Crippen molar-refractivity contribution in [3.8, 4) is 0 Å². The van der Waals surface area contributed by atoms with Crippen molar-refractivity contribution in [2.24, 2.45) is 5.92 Å². The number of carbonyl (C=O) groups excluding carboxylic acids is 1. The Morgan fingerprint density at radius 3 is 2.89 bits per heavy atom. The van der Waals surface area contributed by atoms with Gasteiger partial charge in [-0.25, -0.2) is 4.39 Å². The third-order valence-electron chi connectivity index (χ3n) is 3.50. The molecule has 4 heteroatoms. The molecule has 0 aromatic heterocycles. The van der Waals surface area contributed by atoms with Crippen molar-refractivity contribution in [3.63, 3.8) is 0 Å². The highest BCUT2D eigenvalue weighted by Gasteiger charge is 2.23. The molecule has 0 radical (unpaired) electrons. The largest absolute Gasteiger partial charge is 0.393 e. The van der Waals surface area contributed by atoms with Gasteiger partial charge in [0.2, 0.25) is 0 Å². The number of amides is 1. The number of rotatable bonds is 3. The minimum Gasteiger partial charge on any atom is -0.393 e. The number of hydrogen-bond donors (Lipinski definition) is 2. The Labute approximate surface area is 106 Å². The number of aliphatic hydroxyl groups excluding tert-OH is 1. The number of benzene rings is 1. The summed E-state index contributed by atoms with van der Waals surface area (Å²) in [6.45, 7) is 2.30. The van der Waals surface area contributed by atoms with Gasteiger partial charge in [0.05, 0.1) is 6.10 Å². The van der Waals surface area contributed by atoms with Crippen LogP contribution in [-0.2, 0) is 0 Å². The maximum Gasteiger partial charge on any atom is 0.251 e. The molecule has 0 spiro atoms. The molecule has 98 valence electrons. The smallest absolute Gasteiger partial charge is 0.251 e. The Morgan fingerprint density at radius 2 is 2.28 bits per heavy atom. The van der Waals surface area contributed by atoms with Crippen molar-refractivity contribution in [2.75, 3.05) is 6.54 Å². The number of aliphatic hydroxyl groups is 1. The van der Waals surface area contributed by atoms with Gasteiger partial charge in [0.15, 0.2) is 0 Å². The summed E-state index contributed by atoms with van der Waals surface area (Å²) < 4.78 is 12.9. The highest BCUT2D eigenvalue weighted by molar-refractivity contribution is 5.95. The SMILES string of the molecule is Cc1cc(F)ccc1C(=O)NCC1CCC(O)C1. The molecule has 0 bridgehead atoms. The van der Waals surface area contributed by atoms with E-state index >= 15 is 0 Å². The molecule has 0 aliphatic heterocycles. The first-order valence-corrected chi connectivity index (χ1v) is 6.28. The highest BCUT2D eigenvalue weighted by atomic mass is 19.1. The maximum absolute atomic E-state index is 12.9. The van der Waals surface area contributed by atoms with Gasteiger partial charge in [-0.1, -0.05) is 0 Å². The van der Waals surface area contributed by atoms with Crippen molar-refractivity contribution in [1.29, 1.82) is 0 Å². The van der Waals surface area contributed by atoms with E-state index in [-0.39, 0.29) is 17.8 Å². The quantitative estimate of drug-likeness (QED) is 0.863. The molecule has 0 saturated heterocycles. The van der Waals surface area contributed by atoms with Crippen molar-refractivity contribution in [3.05, 3.63) is 35.1 Å². The molecule has 2 N–H and O–H groups in total. The summed E-state index contributed by atoms with van der Waals surface area (Å²) in [5.41, 5.74) is 1.15. The first kappa shape index (κ1) is 13.0. The van der Waals surface area contributed by atoms with E-state index in [4.69, 9.17) is 0 Å². The second-order valence-electron chi connectivity index (χ2n) is 5.00. The van der Waals surface area contributed by atoms with Crippen LogP contribution in [0.4, 0.5) is 4.39 Å². The maximum atomic E-state index is 12.9. The van der Waals surface area contributed by atoms with Crippen LogP contribution >= 0.6 is 0 Å². The van der Waals surface area contributed by atoms with Gasteiger partial charge in [0.1, 0.15) is 5.82 Å². The Bertz CT molecular complexity index is 447. The average Bonchev–Trinajstić information content (AvgIpc) is 2.72. The molecule has 0 heterocycles. The molecule has 3 nitrogen and oxygen atoms in total. The standard InChI is InChI=1S/C14H18FNO2/c1-9-6-11(15)3-5-13(9)14(18)16-8-10-2-4-12(17)7-10/h3,5-6,10,12,17H,2,4,7-8H2,1H3,(H,16,18). The molecule has 2 rings (SSSR count). The second-order valence-corrected chi connectivity index (χ2v) is 5.00. The Balaban J connectivity index is 1.91. The lowest BCUT2D eigenvalue weighted by atomic mass is 10.1. The third-order valence-corrected chi connectivity index (χ3v) is 3.50. The minimum atomic E-state index is -0.331. The first-order valence-electron chi connectivity index (χ1n) is 6.28. The molecule has 1 fully saturated rings. The predicted molar refractivity (Wildman–Crippen MR) is 66.8 cm³/mol. The number of carbonyl (C=O) groups is 1. The van der Waals surface area contributed by atoms with E-state index in [1.54, 1.807) is 6.92 Å². The lowest BCUT2D eigenvalue weighted by molar-refractivity contribution is 0.0944. The molecule has 1 aromatic carbocycles. The summed E-state index contributed by atoms with van der Waals surface area (Å²) in [6, 6.07) is 4.15. The number of hydrogen-bond acceptors (Lipinski definition) is 2. The van der Waals surface area contributed by atoms with Gasteiger partial charge in [-0.05, 0) is 55.9 Å². The fourth-order valence-corrected chi connectivity index (χ4v) is 2.45. The van der Waals surface area contributed by atoms with E-state index < -0.39 is 0 Å².